The number of aromatic nitrogens is 2. The minimum Gasteiger partial charge on any atom is -0.491 e. The maximum absolute atomic E-state index is 9.74. The lowest BCUT2D eigenvalue weighted by molar-refractivity contribution is 0.114. The Hall–Kier alpha value is -3.69. The van der Waals surface area contributed by atoms with E-state index in [1.165, 1.54) is 6.21 Å². The van der Waals surface area contributed by atoms with E-state index in [9.17, 15) is 5.11 Å². The lowest BCUT2D eigenvalue weighted by Crippen LogP contribution is -2.26. The smallest absolute Gasteiger partial charge is 0.251 e. The molecule has 1 atom stereocenters. The lowest BCUT2D eigenvalue weighted by atomic mass is 10.1. The highest BCUT2D eigenvalue weighted by Gasteiger charge is 2.28. The predicted molar refractivity (Wildman–Crippen MR) is 137 cm³/mol. The van der Waals surface area contributed by atoms with E-state index in [2.05, 4.69) is 17.2 Å². The van der Waals surface area contributed by atoms with Gasteiger partial charge in [0.15, 0.2) is 0 Å². The fourth-order valence-electron chi connectivity index (χ4n) is 3.94. The first-order valence-corrected chi connectivity index (χ1v) is 11.6. The second-order valence-electron chi connectivity index (χ2n) is 8.95. The summed E-state index contributed by atoms with van der Waals surface area (Å²) in [7, 11) is 0. The van der Waals surface area contributed by atoms with Crippen LogP contribution >= 0.6 is 0 Å². The predicted octanol–water partition coefficient (Wildman–Crippen LogP) is 3.59. The van der Waals surface area contributed by atoms with Gasteiger partial charge in [-0.05, 0) is 57.5 Å². The SMILES string of the molecule is Cc1cc(C)c2c(n1)ON(c1cc(-c3cccc(OC[C@@H](O)CN)c3)nc(NC(C)C)c1C=N)C2. The van der Waals surface area contributed by atoms with Crippen LogP contribution in [0, 0.1) is 19.3 Å². The summed E-state index contributed by atoms with van der Waals surface area (Å²) < 4.78 is 5.70. The monoisotopic (exact) mass is 476 g/mol. The number of fused-ring (bicyclic) bond motifs is 1. The van der Waals surface area contributed by atoms with Gasteiger partial charge < -0.3 is 31.1 Å². The van der Waals surface area contributed by atoms with Crippen molar-refractivity contribution in [3.63, 3.8) is 0 Å². The van der Waals surface area contributed by atoms with Crippen molar-refractivity contribution >= 4 is 17.7 Å². The Balaban J connectivity index is 1.75. The summed E-state index contributed by atoms with van der Waals surface area (Å²) in [6.07, 6.45) is 0.564. The highest BCUT2D eigenvalue weighted by molar-refractivity contribution is 5.94. The van der Waals surface area contributed by atoms with Crippen LogP contribution in [0.25, 0.3) is 11.3 Å². The van der Waals surface area contributed by atoms with Crippen LogP contribution in [0.4, 0.5) is 11.5 Å². The summed E-state index contributed by atoms with van der Waals surface area (Å²) in [5.41, 5.74) is 11.4. The zero-order valence-electron chi connectivity index (χ0n) is 20.5. The Morgan fingerprint density at radius 3 is 2.77 bits per heavy atom. The number of anilines is 2. The number of rotatable bonds is 9. The zero-order chi connectivity index (χ0) is 25.1. The average Bonchev–Trinajstić information content (AvgIpc) is 3.26. The number of nitrogens with two attached hydrogens (primary N) is 1. The number of aliphatic hydroxyl groups excluding tert-OH is 1. The summed E-state index contributed by atoms with van der Waals surface area (Å²) in [4.78, 5) is 15.5. The average molecular weight is 477 g/mol. The van der Waals surface area contributed by atoms with Gasteiger partial charge in [-0.1, -0.05) is 12.1 Å². The number of aryl methyl sites for hydroxylation is 2. The van der Waals surface area contributed by atoms with E-state index in [1.54, 1.807) is 5.06 Å². The fourth-order valence-corrected chi connectivity index (χ4v) is 3.94. The molecule has 5 N–H and O–H groups in total. The van der Waals surface area contributed by atoms with Crippen molar-refractivity contribution in [2.75, 3.05) is 23.5 Å². The summed E-state index contributed by atoms with van der Waals surface area (Å²) in [5.74, 6) is 1.78. The van der Waals surface area contributed by atoms with E-state index in [0.717, 1.165) is 22.4 Å². The van der Waals surface area contributed by atoms with Gasteiger partial charge in [0.1, 0.15) is 24.3 Å². The van der Waals surface area contributed by atoms with Crippen LogP contribution in [-0.2, 0) is 6.54 Å². The topological polar surface area (TPSA) is 130 Å². The molecular formula is C26H32N6O3. The number of benzene rings is 1. The van der Waals surface area contributed by atoms with E-state index in [4.69, 9.17) is 25.7 Å². The van der Waals surface area contributed by atoms with Crippen molar-refractivity contribution in [2.24, 2.45) is 5.73 Å². The molecule has 0 aliphatic carbocycles. The van der Waals surface area contributed by atoms with Crippen molar-refractivity contribution in [1.82, 2.24) is 9.97 Å². The summed E-state index contributed by atoms with van der Waals surface area (Å²) >= 11 is 0. The van der Waals surface area contributed by atoms with Gasteiger partial charge in [0.25, 0.3) is 5.88 Å². The molecule has 0 unspecified atom stereocenters. The molecule has 1 aromatic carbocycles. The van der Waals surface area contributed by atoms with Crippen molar-refractivity contribution in [3.05, 3.63) is 58.8 Å². The van der Waals surface area contributed by atoms with Crippen molar-refractivity contribution < 1.29 is 14.7 Å². The second-order valence-corrected chi connectivity index (χ2v) is 8.95. The molecule has 184 valence electrons. The van der Waals surface area contributed by atoms with Gasteiger partial charge in [-0.2, -0.15) is 0 Å². The maximum Gasteiger partial charge on any atom is 0.251 e. The number of hydrogen-bond donors (Lipinski definition) is 4. The minimum absolute atomic E-state index is 0.108. The van der Waals surface area contributed by atoms with Gasteiger partial charge in [0.05, 0.1) is 23.5 Å². The first-order valence-electron chi connectivity index (χ1n) is 11.6. The van der Waals surface area contributed by atoms with Gasteiger partial charge in [-0.15, -0.1) is 0 Å². The molecule has 3 aromatic rings. The zero-order valence-corrected chi connectivity index (χ0v) is 20.5. The van der Waals surface area contributed by atoms with Crippen LogP contribution in [0.15, 0.2) is 36.4 Å². The Bertz CT molecular complexity index is 1230. The summed E-state index contributed by atoms with van der Waals surface area (Å²) in [5, 5.41) is 23.0. The van der Waals surface area contributed by atoms with Crippen molar-refractivity contribution in [2.45, 2.75) is 46.4 Å². The van der Waals surface area contributed by atoms with Crippen LogP contribution < -0.4 is 25.7 Å². The molecule has 0 saturated heterocycles. The maximum atomic E-state index is 9.74. The molecule has 0 bridgehead atoms. The molecule has 0 amide bonds. The largest absolute Gasteiger partial charge is 0.491 e. The molecule has 0 radical (unpaired) electrons. The Morgan fingerprint density at radius 2 is 2.06 bits per heavy atom. The third kappa shape index (κ3) is 5.36. The Labute approximate surface area is 205 Å². The van der Waals surface area contributed by atoms with E-state index < -0.39 is 6.10 Å². The first-order chi connectivity index (χ1) is 16.8. The number of hydrogen-bond acceptors (Lipinski definition) is 9. The third-order valence-electron chi connectivity index (χ3n) is 5.66. The molecule has 9 heteroatoms. The molecule has 1 aliphatic heterocycles. The van der Waals surface area contributed by atoms with E-state index in [-0.39, 0.29) is 19.2 Å². The normalized spacial score (nSPS) is 13.4. The quantitative estimate of drug-likeness (QED) is 0.345. The molecule has 3 heterocycles. The lowest BCUT2D eigenvalue weighted by Gasteiger charge is -2.22. The third-order valence-corrected chi connectivity index (χ3v) is 5.66. The van der Waals surface area contributed by atoms with Crippen molar-refractivity contribution in [3.8, 4) is 22.9 Å². The highest BCUT2D eigenvalue weighted by Crippen LogP contribution is 2.38. The standard InChI is InChI=1S/C26H32N6O3/c1-15(2)29-25-21(12-28)24(32-13-22-16(3)8-17(4)30-26(22)35-32)10-23(31-25)18-6-5-7-20(9-18)34-14-19(33)11-27/h5-10,12,15,19,28,33H,11,13-14,27H2,1-4H3,(H,29,31)/t19-/m0/s1. The van der Waals surface area contributed by atoms with E-state index in [1.807, 2.05) is 57.2 Å². The molecule has 1 aliphatic rings. The number of ether oxygens (including phenoxy) is 1. The van der Waals surface area contributed by atoms with E-state index in [0.29, 0.717) is 40.9 Å². The molecule has 35 heavy (non-hydrogen) atoms. The molecule has 0 fully saturated rings. The Morgan fingerprint density at radius 1 is 1.26 bits per heavy atom. The van der Waals surface area contributed by atoms with Crippen LogP contribution in [-0.4, -0.2) is 46.6 Å². The van der Waals surface area contributed by atoms with Crippen LogP contribution in [0.1, 0.15) is 36.2 Å². The van der Waals surface area contributed by atoms with Gasteiger partial charge >= 0.3 is 0 Å². The first kappa shape index (κ1) is 24.4. The number of aliphatic hydroxyl groups is 1. The van der Waals surface area contributed by atoms with Crippen molar-refractivity contribution in [1.29, 1.82) is 5.41 Å². The fraction of sp³-hybridized carbons (Fsp3) is 0.346. The van der Waals surface area contributed by atoms with Gasteiger partial charge in [0, 0.05) is 35.6 Å². The molecule has 0 saturated carbocycles. The summed E-state index contributed by atoms with van der Waals surface area (Å²) in [6.45, 7) is 8.80. The molecule has 0 spiro atoms. The van der Waals surface area contributed by atoms with Crippen LogP contribution in [0.5, 0.6) is 11.6 Å². The van der Waals surface area contributed by atoms with Crippen LogP contribution in [0.2, 0.25) is 0 Å². The van der Waals surface area contributed by atoms with Gasteiger partial charge in [-0.3, -0.25) is 0 Å². The number of hydroxylamine groups is 1. The second kappa shape index (κ2) is 10.3. The Kier molecular flexibility index (Phi) is 7.18. The van der Waals surface area contributed by atoms with Gasteiger partial charge in [-0.25, -0.2) is 15.0 Å². The number of nitrogens with zero attached hydrogens (tertiary/aromatic N) is 3. The molecule has 2 aromatic heterocycles. The van der Waals surface area contributed by atoms with Crippen LogP contribution in [0.3, 0.4) is 0 Å². The number of nitrogens with one attached hydrogen (secondary N) is 2. The number of pyridine rings is 2. The van der Waals surface area contributed by atoms with E-state index >= 15 is 0 Å². The molecule has 4 rings (SSSR count). The minimum atomic E-state index is -0.730. The molecular weight excluding hydrogens is 444 g/mol. The van der Waals surface area contributed by atoms with Gasteiger partial charge in [0.2, 0.25) is 0 Å². The molecule has 9 nitrogen and oxygen atoms in total. The highest BCUT2D eigenvalue weighted by atomic mass is 16.7. The summed E-state index contributed by atoms with van der Waals surface area (Å²) in [6, 6.07) is 11.6.